The van der Waals surface area contributed by atoms with Crippen molar-refractivity contribution in [2.24, 2.45) is 0 Å². The molecule has 3 aliphatic rings. The van der Waals surface area contributed by atoms with E-state index in [4.69, 9.17) is 14.2 Å². The predicted molar refractivity (Wildman–Crippen MR) is 123 cm³/mol. The maximum Gasteiger partial charge on any atom is 0.245 e. The van der Waals surface area contributed by atoms with Crippen molar-refractivity contribution in [1.82, 2.24) is 0 Å². The van der Waals surface area contributed by atoms with E-state index in [0.717, 1.165) is 31.0 Å². The Morgan fingerprint density at radius 2 is 1.76 bits per heavy atom. The van der Waals surface area contributed by atoms with Crippen LogP contribution in [0, 0.1) is 11.6 Å². The molecular formula is C27H23F2NO4. The number of carbonyl (C=O) groups is 1. The van der Waals surface area contributed by atoms with Gasteiger partial charge in [-0.05, 0) is 36.2 Å². The van der Waals surface area contributed by atoms with Crippen LogP contribution in [0.4, 0.5) is 14.5 Å². The number of hydrogen-bond acceptors (Lipinski definition) is 4. The van der Waals surface area contributed by atoms with Crippen LogP contribution in [0.1, 0.15) is 37.3 Å². The lowest BCUT2D eigenvalue weighted by molar-refractivity contribution is -0.122. The van der Waals surface area contributed by atoms with Crippen LogP contribution in [0.3, 0.4) is 0 Å². The molecule has 0 saturated carbocycles. The number of nitrogens with zero attached hydrogens (tertiary/aromatic N) is 1. The van der Waals surface area contributed by atoms with Crippen molar-refractivity contribution in [2.45, 2.75) is 31.6 Å². The van der Waals surface area contributed by atoms with Crippen molar-refractivity contribution in [3.05, 3.63) is 71.3 Å². The summed E-state index contributed by atoms with van der Waals surface area (Å²) in [6.07, 6.45) is 2.86. The quantitative estimate of drug-likeness (QED) is 0.464. The van der Waals surface area contributed by atoms with Gasteiger partial charge in [-0.25, -0.2) is 8.78 Å². The second-order valence-corrected chi connectivity index (χ2v) is 8.88. The molecule has 34 heavy (non-hydrogen) atoms. The maximum absolute atomic E-state index is 15.0. The van der Waals surface area contributed by atoms with E-state index in [9.17, 15) is 13.6 Å². The summed E-state index contributed by atoms with van der Waals surface area (Å²) in [7, 11) is 0. The van der Waals surface area contributed by atoms with E-state index >= 15 is 0 Å². The molecule has 1 amide bonds. The van der Waals surface area contributed by atoms with Gasteiger partial charge in [0.1, 0.15) is 29.4 Å². The molecule has 7 heteroatoms. The van der Waals surface area contributed by atoms with Crippen LogP contribution in [0.5, 0.6) is 17.2 Å². The van der Waals surface area contributed by atoms with Gasteiger partial charge in [-0.2, -0.15) is 0 Å². The third kappa shape index (κ3) is 2.85. The van der Waals surface area contributed by atoms with Gasteiger partial charge in [0.2, 0.25) is 12.7 Å². The fourth-order valence-electron chi connectivity index (χ4n) is 5.36. The molecule has 1 atom stereocenters. The van der Waals surface area contributed by atoms with Crippen LogP contribution >= 0.6 is 0 Å². The Morgan fingerprint density at radius 1 is 0.941 bits per heavy atom. The average Bonchev–Trinajstić information content (AvgIpc) is 3.50. The predicted octanol–water partition coefficient (Wildman–Crippen LogP) is 5.58. The Hall–Kier alpha value is -3.61. The molecule has 5 nitrogen and oxygen atoms in total. The Labute approximate surface area is 195 Å². The summed E-state index contributed by atoms with van der Waals surface area (Å²) in [5.74, 6) is 0.236. The number of halogens is 2. The van der Waals surface area contributed by atoms with E-state index in [0.29, 0.717) is 40.5 Å². The molecule has 3 aliphatic heterocycles. The molecule has 0 saturated heterocycles. The van der Waals surface area contributed by atoms with Gasteiger partial charge >= 0.3 is 0 Å². The van der Waals surface area contributed by atoms with Gasteiger partial charge in [-0.1, -0.05) is 31.9 Å². The Morgan fingerprint density at radius 3 is 2.56 bits per heavy atom. The highest BCUT2D eigenvalue weighted by Crippen LogP contribution is 2.57. The Bertz CT molecular complexity index is 1320. The first-order valence-electron chi connectivity index (χ1n) is 11.5. The van der Waals surface area contributed by atoms with E-state index in [1.807, 2.05) is 12.1 Å². The summed E-state index contributed by atoms with van der Waals surface area (Å²) in [4.78, 5) is 16.0. The highest BCUT2D eigenvalue weighted by molar-refractivity contribution is 6.13. The largest absolute Gasteiger partial charge is 0.491 e. The van der Waals surface area contributed by atoms with E-state index in [-0.39, 0.29) is 24.9 Å². The molecule has 0 aliphatic carbocycles. The summed E-state index contributed by atoms with van der Waals surface area (Å²) < 4.78 is 45.9. The lowest BCUT2D eigenvalue weighted by atomic mass is 9.74. The molecular weight excluding hydrogens is 440 g/mol. The number of benzene rings is 3. The molecule has 0 bridgehead atoms. The SMILES string of the molecule is CCCCCN1C(=O)C2(COc3cc4c(cc32)OCO4)c2c(-c3ccc(F)cc3F)cccc21. The van der Waals surface area contributed by atoms with Crippen LogP contribution in [0.15, 0.2) is 48.5 Å². The van der Waals surface area contributed by atoms with Crippen molar-refractivity contribution < 1.29 is 27.8 Å². The summed E-state index contributed by atoms with van der Waals surface area (Å²) in [5, 5.41) is 0. The molecule has 1 spiro atoms. The first kappa shape index (κ1) is 21.0. The lowest BCUT2D eigenvalue weighted by Gasteiger charge is -2.24. The molecule has 0 radical (unpaired) electrons. The fourth-order valence-corrected chi connectivity index (χ4v) is 5.36. The summed E-state index contributed by atoms with van der Waals surface area (Å²) >= 11 is 0. The molecule has 3 aromatic carbocycles. The van der Waals surface area contributed by atoms with Crippen molar-refractivity contribution in [3.8, 4) is 28.4 Å². The number of unbranched alkanes of at least 4 members (excludes halogenated alkanes) is 2. The number of rotatable bonds is 5. The van der Waals surface area contributed by atoms with Crippen molar-refractivity contribution >= 4 is 11.6 Å². The van der Waals surface area contributed by atoms with Gasteiger partial charge in [0, 0.05) is 41.1 Å². The molecule has 174 valence electrons. The third-order valence-electron chi connectivity index (χ3n) is 6.96. The van der Waals surface area contributed by atoms with Gasteiger partial charge in [0.05, 0.1) is 0 Å². The van der Waals surface area contributed by atoms with Crippen LogP contribution in [-0.4, -0.2) is 25.9 Å². The van der Waals surface area contributed by atoms with E-state index < -0.39 is 17.0 Å². The monoisotopic (exact) mass is 463 g/mol. The second-order valence-electron chi connectivity index (χ2n) is 8.88. The highest BCUT2D eigenvalue weighted by Gasteiger charge is 2.58. The Kier molecular flexibility index (Phi) is 4.76. The van der Waals surface area contributed by atoms with Gasteiger partial charge in [-0.15, -0.1) is 0 Å². The van der Waals surface area contributed by atoms with E-state index in [2.05, 4.69) is 6.92 Å². The average molecular weight is 463 g/mol. The van der Waals surface area contributed by atoms with Crippen molar-refractivity contribution in [3.63, 3.8) is 0 Å². The van der Waals surface area contributed by atoms with Gasteiger partial charge in [0.25, 0.3) is 0 Å². The summed E-state index contributed by atoms with van der Waals surface area (Å²) in [6.45, 7) is 2.85. The standard InChI is InChI=1S/C27H23F2NO4/c1-2-3-4-10-30-21-7-5-6-18(17-9-8-16(28)11-20(17)29)25(21)27(26(30)31)14-32-22-13-24-23(12-19(22)27)33-15-34-24/h5-9,11-13H,2-4,10,14-15H2,1H3. The molecule has 0 aromatic heterocycles. The number of ether oxygens (including phenoxy) is 3. The first-order valence-corrected chi connectivity index (χ1v) is 11.5. The number of amides is 1. The summed E-state index contributed by atoms with van der Waals surface area (Å²) in [6, 6.07) is 12.6. The second kappa shape index (κ2) is 7.72. The zero-order valence-corrected chi connectivity index (χ0v) is 18.7. The van der Waals surface area contributed by atoms with Crippen molar-refractivity contribution in [1.29, 1.82) is 0 Å². The minimum Gasteiger partial charge on any atom is -0.491 e. The van der Waals surface area contributed by atoms with Gasteiger partial charge in [0.15, 0.2) is 11.5 Å². The molecule has 0 fully saturated rings. The molecule has 6 rings (SSSR count). The van der Waals surface area contributed by atoms with E-state index in [1.54, 1.807) is 23.1 Å². The number of hydrogen-bond donors (Lipinski definition) is 0. The minimum atomic E-state index is -1.16. The smallest absolute Gasteiger partial charge is 0.245 e. The van der Waals surface area contributed by atoms with Gasteiger partial charge < -0.3 is 19.1 Å². The zero-order chi connectivity index (χ0) is 23.4. The molecule has 0 N–H and O–H groups in total. The van der Waals surface area contributed by atoms with Crippen molar-refractivity contribution in [2.75, 3.05) is 24.8 Å². The van der Waals surface area contributed by atoms with Crippen LogP contribution in [0.25, 0.3) is 11.1 Å². The fraction of sp³-hybridized carbons (Fsp3) is 0.296. The molecule has 1 unspecified atom stereocenters. The first-order chi connectivity index (χ1) is 16.5. The molecule has 3 aromatic rings. The van der Waals surface area contributed by atoms with Crippen LogP contribution in [-0.2, 0) is 10.2 Å². The number of anilines is 1. The highest BCUT2D eigenvalue weighted by atomic mass is 19.1. The van der Waals surface area contributed by atoms with Gasteiger partial charge in [-0.3, -0.25) is 4.79 Å². The van der Waals surface area contributed by atoms with E-state index in [1.165, 1.54) is 12.1 Å². The lowest BCUT2D eigenvalue weighted by Crippen LogP contribution is -2.43. The minimum absolute atomic E-state index is 0.0845. The van der Waals surface area contributed by atoms with Crippen LogP contribution < -0.4 is 19.1 Å². The van der Waals surface area contributed by atoms with Crippen LogP contribution in [0.2, 0.25) is 0 Å². The third-order valence-corrected chi connectivity index (χ3v) is 6.96. The zero-order valence-electron chi connectivity index (χ0n) is 18.7. The Balaban J connectivity index is 1.60. The summed E-state index contributed by atoms with van der Waals surface area (Å²) in [5.41, 5.74) is 1.73. The maximum atomic E-state index is 15.0. The number of fused-ring (bicyclic) bond motifs is 5. The number of carbonyl (C=O) groups excluding carboxylic acids is 1. The molecule has 3 heterocycles. The normalized spacial score (nSPS) is 19.5. The topological polar surface area (TPSA) is 48.0 Å².